The van der Waals surface area contributed by atoms with Crippen molar-refractivity contribution in [1.82, 2.24) is 10.6 Å². The molecule has 1 rings (SSSR count). The number of carboxylic acids is 1. The maximum absolute atomic E-state index is 12.1. The van der Waals surface area contributed by atoms with Gasteiger partial charge < -0.3 is 15.7 Å². The molecule has 1 aromatic rings. The fraction of sp³-hybridized carbons (Fsp3) is 0.526. The zero-order chi connectivity index (χ0) is 21.5. The summed E-state index contributed by atoms with van der Waals surface area (Å²) in [5, 5.41) is 13.8. The summed E-state index contributed by atoms with van der Waals surface area (Å²) in [6.45, 7) is 7.21. The molecule has 1 aromatic carbocycles. The maximum Gasteiger partial charge on any atom is 0.326 e. The van der Waals surface area contributed by atoms with Crippen molar-refractivity contribution in [3.05, 3.63) is 35.4 Å². The number of sulfone groups is 1. The molecule has 1 atom stereocenters. The first-order chi connectivity index (χ1) is 12.9. The first kappa shape index (κ1) is 23.6. The predicted molar refractivity (Wildman–Crippen MR) is 106 cm³/mol. The molecule has 0 aliphatic rings. The highest BCUT2D eigenvalue weighted by molar-refractivity contribution is 7.91. The lowest BCUT2D eigenvalue weighted by Gasteiger charge is -2.19. The number of amides is 2. The smallest absolute Gasteiger partial charge is 0.326 e. The van der Waals surface area contributed by atoms with Gasteiger partial charge in [-0.25, -0.2) is 13.2 Å². The van der Waals surface area contributed by atoms with Crippen molar-refractivity contribution in [3.8, 4) is 0 Å². The van der Waals surface area contributed by atoms with Crippen LogP contribution in [0.3, 0.4) is 0 Å². The summed E-state index contributed by atoms with van der Waals surface area (Å²) in [7, 11) is -3.34. The summed E-state index contributed by atoms with van der Waals surface area (Å²) >= 11 is 0. The third-order valence-corrected chi connectivity index (χ3v) is 5.95. The van der Waals surface area contributed by atoms with E-state index in [4.69, 9.17) is 5.11 Å². The molecular weight excluding hydrogens is 384 g/mol. The number of benzene rings is 1. The molecule has 0 heterocycles. The molecule has 2 amide bonds. The minimum absolute atomic E-state index is 0.0496. The van der Waals surface area contributed by atoms with E-state index < -0.39 is 40.2 Å². The molecule has 0 saturated carbocycles. The Bertz CT molecular complexity index is 810. The first-order valence-corrected chi connectivity index (χ1v) is 10.8. The van der Waals surface area contributed by atoms with Crippen molar-refractivity contribution < 1.29 is 27.9 Å². The van der Waals surface area contributed by atoms with Gasteiger partial charge in [0.25, 0.3) is 5.91 Å². The standard InChI is InChI=1S/C19H28N2O6S/c1-5-28(26,27)11-10-15(18(24)25)21-16(22)12-20-17(23)13-6-8-14(9-7-13)19(2,3)4/h6-9,15H,5,10-12H2,1-4H3,(H,20,23)(H,21,22)(H,24,25). The summed E-state index contributed by atoms with van der Waals surface area (Å²) in [4.78, 5) is 35.3. The van der Waals surface area contributed by atoms with Crippen LogP contribution in [0.5, 0.6) is 0 Å². The number of carbonyl (C=O) groups excluding carboxylic acids is 2. The Kier molecular flexibility index (Phi) is 8.16. The molecule has 28 heavy (non-hydrogen) atoms. The lowest BCUT2D eigenvalue weighted by atomic mass is 9.87. The average Bonchev–Trinajstić information content (AvgIpc) is 2.62. The Morgan fingerprint density at radius 3 is 2.14 bits per heavy atom. The van der Waals surface area contributed by atoms with Crippen molar-refractivity contribution in [1.29, 1.82) is 0 Å². The van der Waals surface area contributed by atoms with E-state index in [1.54, 1.807) is 12.1 Å². The minimum atomic E-state index is -3.34. The molecule has 8 nitrogen and oxygen atoms in total. The van der Waals surface area contributed by atoms with Crippen LogP contribution < -0.4 is 10.6 Å². The van der Waals surface area contributed by atoms with Crippen LogP contribution in [-0.4, -0.2) is 55.4 Å². The molecule has 0 aliphatic carbocycles. The number of nitrogens with one attached hydrogen (secondary N) is 2. The van der Waals surface area contributed by atoms with E-state index in [2.05, 4.69) is 31.4 Å². The Hall–Kier alpha value is -2.42. The number of aliphatic carboxylic acids is 1. The summed E-state index contributed by atoms with van der Waals surface area (Å²) in [6, 6.07) is 5.65. The molecule has 0 radical (unpaired) electrons. The van der Waals surface area contributed by atoms with Crippen LogP contribution in [0.15, 0.2) is 24.3 Å². The normalized spacial score (nSPS) is 12.9. The van der Waals surface area contributed by atoms with Crippen LogP contribution in [0, 0.1) is 0 Å². The topological polar surface area (TPSA) is 130 Å². The van der Waals surface area contributed by atoms with Crippen LogP contribution in [0.1, 0.15) is 50.0 Å². The minimum Gasteiger partial charge on any atom is -0.480 e. The predicted octanol–water partition coefficient (Wildman–Crippen LogP) is 1.11. The van der Waals surface area contributed by atoms with E-state index in [9.17, 15) is 22.8 Å². The van der Waals surface area contributed by atoms with Gasteiger partial charge in [0.2, 0.25) is 5.91 Å². The monoisotopic (exact) mass is 412 g/mol. The second-order valence-electron chi connectivity index (χ2n) is 7.49. The summed E-state index contributed by atoms with van der Waals surface area (Å²) in [5.74, 6) is -2.94. The van der Waals surface area contributed by atoms with E-state index >= 15 is 0 Å². The molecule has 0 aliphatic heterocycles. The van der Waals surface area contributed by atoms with Gasteiger partial charge in [0.1, 0.15) is 15.9 Å². The fourth-order valence-electron chi connectivity index (χ4n) is 2.33. The number of hydrogen-bond donors (Lipinski definition) is 3. The molecule has 9 heteroatoms. The quantitative estimate of drug-likeness (QED) is 0.557. The third kappa shape index (κ3) is 7.67. The van der Waals surface area contributed by atoms with Crippen molar-refractivity contribution in [3.63, 3.8) is 0 Å². The second-order valence-corrected chi connectivity index (χ2v) is 9.97. The Morgan fingerprint density at radius 1 is 1.11 bits per heavy atom. The molecule has 0 fully saturated rings. The summed E-state index contributed by atoms with van der Waals surface area (Å²) < 4.78 is 23.0. The van der Waals surface area contributed by atoms with Gasteiger partial charge in [0.15, 0.2) is 0 Å². The van der Waals surface area contributed by atoms with Gasteiger partial charge in [-0.05, 0) is 29.5 Å². The Balaban J connectivity index is 2.59. The van der Waals surface area contributed by atoms with Gasteiger partial charge in [0, 0.05) is 11.3 Å². The molecule has 0 saturated heterocycles. The van der Waals surface area contributed by atoms with Crippen molar-refractivity contribution in [2.45, 2.75) is 45.6 Å². The zero-order valence-electron chi connectivity index (χ0n) is 16.6. The lowest BCUT2D eigenvalue weighted by molar-refractivity contribution is -0.141. The van der Waals surface area contributed by atoms with Crippen LogP contribution in [0.25, 0.3) is 0 Å². The van der Waals surface area contributed by atoms with Crippen LogP contribution in [0.4, 0.5) is 0 Å². The second kappa shape index (κ2) is 9.68. The van der Waals surface area contributed by atoms with Gasteiger partial charge in [-0.1, -0.05) is 39.8 Å². The third-order valence-electron chi connectivity index (χ3n) is 4.21. The van der Waals surface area contributed by atoms with E-state index in [0.29, 0.717) is 5.56 Å². The van der Waals surface area contributed by atoms with Crippen molar-refractivity contribution in [2.75, 3.05) is 18.1 Å². The van der Waals surface area contributed by atoms with Crippen LogP contribution >= 0.6 is 0 Å². The number of rotatable bonds is 9. The molecular formula is C19H28N2O6S. The lowest BCUT2D eigenvalue weighted by Crippen LogP contribution is -2.46. The van der Waals surface area contributed by atoms with Gasteiger partial charge in [-0.15, -0.1) is 0 Å². The molecule has 0 bridgehead atoms. The highest BCUT2D eigenvalue weighted by Crippen LogP contribution is 2.22. The SMILES string of the molecule is CCS(=O)(=O)CCC(NC(=O)CNC(=O)c1ccc(C(C)(C)C)cc1)C(=O)O. The van der Waals surface area contributed by atoms with E-state index in [1.165, 1.54) is 6.92 Å². The number of hydrogen-bond acceptors (Lipinski definition) is 5. The molecule has 3 N–H and O–H groups in total. The largest absolute Gasteiger partial charge is 0.480 e. The summed E-state index contributed by atoms with van der Waals surface area (Å²) in [6.07, 6.45) is -0.237. The Labute approximate surface area is 165 Å². The summed E-state index contributed by atoms with van der Waals surface area (Å²) in [5.41, 5.74) is 1.39. The molecule has 156 valence electrons. The highest BCUT2D eigenvalue weighted by atomic mass is 32.2. The first-order valence-electron chi connectivity index (χ1n) is 8.97. The van der Waals surface area contributed by atoms with Crippen molar-refractivity contribution >= 4 is 27.6 Å². The van der Waals surface area contributed by atoms with Gasteiger partial charge in [-0.2, -0.15) is 0 Å². The molecule has 1 unspecified atom stereocenters. The molecule has 0 aromatic heterocycles. The zero-order valence-corrected chi connectivity index (χ0v) is 17.4. The average molecular weight is 413 g/mol. The fourth-order valence-corrected chi connectivity index (χ4v) is 3.21. The van der Waals surface area contributed by atoms with E-state index in [1.807, 2.05) is 12.1 Å². The number of carbonyl (C=O) groups is 3. The van der Waals surface area contributed by atoms with Crippen LogP contribution in [-0.2, 0) is 24.8 Å². The van der Waals surface area contributed by atoms with Gasteiger partial charge in [0.05, 0.1) is 12.3 Å². The number of carboxylic acid groups (broad SMARTS) is 1. The van der Waals surface area contributed by atoms with Crippen molar-refractivity contribution in [2.24, 2.45) is 0 Å². The van der Waals surface area contributed by atoms with Gasteiger partial charge >= 0.3 is 5.97 Å². The van der Waals surface area contributed by atoms with Crippen LogP contribution in [0.2, 0.25) is 0 Å². The maximum atomic E-state index is 12.1. The molecule has 0 spiro atoms. The van der Waals surface area contributed by atoms with E-state index in [0.717, 1.165) is 5.56 Å². The van der Waals surface area contributed by atoms with E-state index in [-0.39, 0.29) is 23.3 Å². The van der Waals surface area contributed by atoms with Gasteiger partial charge in [-0.3, -0.25) is 9.59 Å². The highest BCUT2D eigenvalue weighted by Gasteiger charge is 2.23. The Morgan fingerprint density at radius 2 is 1.68 bits per heavy atom.